The summed E-state index contributed by atoms with van der Waals surface area (Å²) < 4.78 is 27.9. The van der Waals surface area contributed by atoms with Crippen LogP contribution in [-0.2, 0) is 10.0 Å². The van der Waals surface area contributed by atoms with Crippen molar-refractivity contribution in [3.63, 3.8) is 0 Å². The highest BCUT2D eigenvalue weighted by molar-refractivity contribution is 7.89. The summed E-state index contributed by atoms with van der Waals surface area (Å²) in [5.74, 6) is 0.820. The van der Waals surface area contributed by atoms with Crippen molar-refractivity contribution in [1.82, 2.24) is 4.31 Å². The Hall–Kier alpha value is -1.43. The number of sulfonamides is 1. The predicted octanol–water partition coefficient (Wildman–Crippen LogP) is 2.31. The van der Waals surface area contributed by atoms with E-state index in [1.54, 1.807) is 15.3 Å². The zero-order valence-corrected chi connectivity index (χ0v) is 16.3. The molecule has 1 saturated carbocycles. The molecule has 1 aliphatic carbocycles. The van der Waals surface area contributed by atoms with Gasteiger partial charge >= 0.3 is 0 Å². The minimum absolute atomic E-state index is 0.422. The molecule has 1 aliphatic heterocycles. The van der Waals surface area contributed by atoms with E-state index in [1.807, 2.05) is 36.4 Å². The van der Waals surface area contributed by atoms with Crippen molar-refractivity contribution < 1.29 is 13.3 Å². The molecule has 4 rings (SSSR count). The van der Waals surface area contributed by atoms with Crippen LogP contribution < -0.4 is 4.90 Å². The summed E-state index contributed by atoms with van der Waals surface area (Å²) in [5, 5.41) is 2.06. The van der Waals surface area contributed by atoms with Crippen LogP contribution in [0.25, 0.3) is 10.8 Å². The average molecular weight is 374 g/mol. The summed E-state index contributed by atoms with van der Waals surface area (Å²) in [4.78, 5) is 2.03. The molecular weight excluding hydrogens is 344 g/mol. The fourth-order valence-corrected chi connectivity index (χ4v) is 6.18. The minimum atomic E-state index is -3.40. The van der Waals surface area contributed by atoms with Crippen LogP contribution in [0.5, 0.6) is 0 Å². The lowest BCUT2D eigenvalue weighted by Crippen LogP contribution is -3.18. The maximum atomic E-state index is 13.1. The molecule has 26 heavy (non-hydrogen) atoms. The fraction of sp³-hybridized carbons (Fsp3) is 0.524. The maximum Gasteiger partial charge on any atom is 0.243 e. The van der Waals surface area contributed by atoms with E-state index in [0.717, 1.165) is 35.8 Å². The first-order valence-electron chi connectivity index (χ1n) is 9.87. The van der Waals surface area contributed by atoms with Crippen LogP contribution in [-0.4, -0.2) is 44.9 Å². The molecule has 0 aromatic heterocycles. The van der Waals surface area contributed by atoms with Crippen molar-refractivity contribution in [1.29, 1.82) is 0 Å². The van der Waals surface area contributed by atoms with Gasteiger partial charge in [0.1, 0.15) is 0 Å². The van der Waals surface area contributed by atoms with E-state index in [-0.39, 0.29) is 0 Å². The van der Waals surface area contributed by atoms with Gasteiger partial charge in [-0.05, 0) is 41.7 Å². The molecule has 2 aromatic carbocycles. The van der Waals surface area contributed by atoms with Gasteiger partial charge in [-0.25, -0.2) is 8.42 Å². The van der Waals surface area contributed by atoms with Crippen molar-refractivity contribution in [3.8, 4) is 0 Å². The van der Waals surface area contributed by atoms with Crippen molar-refractivity contribution in [3.05, 3.63) is 42.5 Å². The molecule has 1 N–H and O–H groups in total. The largest absolute Gasteiger partial charge is 0.330 e. The predicted molar refractivity (Wildman–Crippen MR) is 105 cm³/mol. The lowest BCUT2D eigenvalue weighted by Gasteiger charge is -2.38. The van der Waals surface area contributed by atoms with Crippen molar-refractivity contribution in [2.75, 3.05) is 26.2 Å². The third kappa shape index (κ3) is 3.53. The number of nitrogens with zero attached hydrogens (tertiary/aromatic N) is 1. The van der Waals surface area contributed by atoms with Crippen molar-refractivity contribution in [2.24, 2.45) is 5.92 Å². The standard InChI is InChI=1S/C21H28N2O2S/c1-17-5-4-8-20(15-17)22-11-13-23(14-12-22)26(24,25)21-10-9-18-6-2-3-7-19(18)16-21/h2-3,6-7,9-10,16-17,20H,4-5,8,11-15H2,1H3/p+1/t17-,20+/m0/s1. The monoisotopic (exact) mass is 373 g/mol. The SMILES string of the molecule is C[C@H]1CCC[C@@H]([NH+]2CCN(S(=O)(=O)c3ccc4ccccc4c3)CC2)C1. The van der Waals surface area contributed by atoms with E-state index in [2.05, 4.69) is 6.92 Å². The number of piperazine rings is 1. The number of fused-ring (bicyclic) bond motifs is 1. The van der Waals surface area contributed by atoms with E-state index in [0.29, 0.717) is 18.0 Å². The maximum absolute atomic E-state index is 13.1. The summed E-state index contributed by atoms with van der Waals surface area (Å²) in [5.41, 5.74) is 0. The molecule has 2 atom stereocenters. The Morgan fingerprint density at radius 1 is 1.00 bits per heavy atom. The number of rotatable bonds is 3. The molecule has 0 bridgehead atoms. The zero-order valence-electron chi connectivity index (χ0n) is 15.5. The van der Waals surface area contributed by atoms with E-state index in [1.165, 1.54) is 25.7 Å². The van der Waals surface area contributed by atoms with Gasteiger partial charge < -0.3 is 4.90 Å². The molecule has 0 radical (unpaired) electrons. The summed E-state index contributed by atoms with van der Waals surface area (Å²) in [6.07, 6.45) is 5.28. The Kier molecular flexibility index (Phi) is 5.04. The smallest absolute Gasteiger partial charge is 0.243 e. The Morgan fingerprint density at radius 2 is 1.73 bits per heavy atom. The molecule has 0 spiro atoms. The second-order valence-electron chi connectivity index (χ2n) is 8.04. The normalized spacial score (nSPS) is 26.2. The quantitative estimate of drug-likeness (QED) is 0.897. The molecule has 4 nitrogen and oxygen atoms in total. The highest BCUT2D eigenvalue weighted by Gasteiger charge is 2.35. The average Bonchev–Trinajstić information content (AvgIpc) is 2.67. The zero-order chi connectivity index (χ0) is 18.1. The third-order valence-corrected chi connectivity index (χ3v) is 8.13. The van der Waals surface area contributed by atoms with Gasteiger partial charge in [0.15, 0.2) is 0 Å². The number of hydrogen-bond acceptors (Lipinski definition) is 2. The van der Waals surface area contributed by atoms with Gasteiger partial charge in [-0.3, -0.25) is 0 Å². The molecule has 140 valence electrons. The number of quaternary nitrogens is 1. The number of nitrogens with one attached hydrogen (secondary N) is 1. The molecule has 2 aromatic rings. The summed E-state index contributed by atoms with van der Waals surface area (Å²) >= 11 is 0. The number of hydrogen-bond donors (Lipinski definition) is 1. The first-order valence-corrected chi connectivity index (χ1v) is 11.3. The van der Waals surface area contributed by atoms with Crippen LogP contribution in [0.2, 0.25) is 0 Å². The minimum Gasteiger partial charge on any atom is -0.330 e. The van der Waals surface area contributed by atoms with Gasteiger partial charge in [0.05, 0.1) is 37.1 Å². The van der Waals surface area contributed by atoms with Gasteiger partial charge in [0.2, 0.25) is 10.0 Å². The summed E-state index contributed by atoms with van der Waals surface area (Å²) in [6.45, 7) is 5.49. The van der Waals surface area contributed by atoms with Crippen LogP contribution in [0.15, 0.2) is 47.4 Å². The van der Waals surface area contributed by atoms with Gasteiger partial charge in [0, 0.05) is 6.42 Å². The highest BCUT2D eigenvalue weighted by Crippen LogP contribution is 2.24. The first kappa shape index (κ1) is 18.0. The molecule has 2 aliphatic rings. The van der Waals surface area contributed by atoms with Crippen LogP contribution in [0.4, 0.5) is 0 Å². The van der Waals surface area contributed by atoms with Gasteiger partial charge in [-0.1, -0.05) is 43.7 Å². The Morgan fingerprint density at radius 3 is 2.46 bits per heavy atom. The molecule has 0 unspecified atom stereocenters. The van der Waals surface area contributed by atoms with Crippen LogP contribution in [0.1, 0.15) is 32.6 Å². The topological polar surface area (TPSA) is 41.8 Å². The van der Waals surface area contributed by atoms with Gasteiger partial charge in [-0.2, -0.15) is 4.31 Å². The molecule has 0 amide bonds. The van der Waals surface area contributed by atoms with Crippen molar-refractivity contribution >= 4 is 20.8 Å². The molecule has 5 heteroatoms. The van der Waals surface area contributed by atoms with Crippen LogP contribution in [0, 0.1) is 5.92 Å². The van der Waals surface area contributed by atoms with Crippen LogP contribution in [0.3, 0.4) is 0 Å². The van der Waals surface area contributed by atoms with Gasteiger partial charge in [0.25, 0.3) is 0 Å². The summed E-state index contributed by atoms with van der Waals surface area (Å²) in [7, 11) is -3.40. The molecule has 1 saturated heterocycles. The van der Waals surface area contributed by atoms with Gasteiger partial charge in [-0.15, -0.1) is 0 Å². The summed E-state index contributed by atoms with van der Waals surface area (Å²) in [6, 6.07) is 14.1. The number of benzene rings is 2. The van der Waals surface area contributed by atoms with E-state index in [4.69, 9.17) is 0 Å². The fourth-order valence-electron chi connectivity index (χ4n) is 4.70. The van der Waals surface area contributed by atoms with E-state index < -0.39 is 10.0 Å². The second-order valence-corrected chi connectivity index (χ2v) is 9.98. The Labute approximate surface area is 156 Å². The second kappa shape index (κ2) is 7.29. The third-order valence-electron chi connectivity index (χ3n) is 6.24. The highest BCUT2D eigenvalue weighted by atomic mass is 32.2. The van der Waals surface area contributed by atoms with E-state index >= 15 is 0 Å². The molecular formula is C21H29N2O2S+. The van der Waals surface area contributed by atoms with Crippen LogP contribution >= 0.6 is 0 Å². The molecule has 2 fully saturated rings. The Bertz CT molecular complexity index is 872. The molecule has 1 heterocycles. The lowest BCUT2D eigenvalue weighted by molar-refractivity contribution is -0.930. The lowest BCUT2D eigenvalue weighted by atomic mass is 9.86. The first-order chi connectivity index (χ1) is 12.5. The Balaban J connectivity index is 1.47. The van der Waals surface area contributed by atoms with Crippen molar-refractivity contribution in [2.45, 2.75) is 43.5 Å². The van der Waals surface area contributed by atoms with E-state index in [9.17, 15) is 8.42 Å².